The zero-order valence-electron chi connectivity index (χ0n) is 18.2. The van der Waals surface area contributed by atoms with E-state index in [0.717, 1.165) is 57.8 Å². The number of hydrogen-bond donors (Lipinski definition) is 2. The summed E-state index contributed by atoms with van der Waals surface area (Å²) in [5.41, 5.74) is 2.77. The first kappa shape index (κ1) is 21.0. The molecule has 1 atom stereocenters. The van der Waals surface area contributed by atoms with Crippen molar-refractivity contribution in [3.05, 3.63) is 70.7 Å². The van der Waals surface area contributed by atoms with Gasteiger partial charge in [-0.3, -0.25) is 4.57 Å². The van der Waals surface area contributed by atoms with E-state index >= 15 is 0 Å². The van der Waals surface area contributed by atoms with Crippen LogP contribution in [0.4, 0.5) is 0 Å². The lowest BCUT2D eigenvalue weighted by atomic mass is 10.1. The van der Waals surface area contributed by atoms with Crippen LogP contribution in [0.2, 0.25) is 0 Å². The van der Waals surface area contributed by atoms with Crippen molar-refractivity contribution in [2.75, 3.05) is 6.61 Å². The Morgan fingerprint density at radius 1 is 1.15 bits per heavy atom. The van der Waals surface area contributed by atoms with E-state index in [1.54, 1.807) is 12.1 Å². The topological polar surface area (TPSA) is 106 Å². The lowest BCUT2D eigenvalue weighted by Crippen LogP contribution is -2.16. The molecule has 0 radical (unpaired) electrons. The SMILES string of the molecule is O=c1cc(CSc2nnc(-c3c[nH]c4ccccc34)n2CC2CCCO2)c2ccc(O)cc2o1. The third-order valence-corrected chi connectivity index (χ3v) is 7.14. The van der Waals surface area contributed by atoms with Gasteiger partial charge >= 0.3 is 5.63 Å². The minimum Gasteiger partial charge on any atom is -0.508 e. The molecular formula is C25H22N4O4S. The monoisotopic (exact) mass is 474 g/mol. The Hall–Kier alpha value is -3.56. The maximum absolute atomic E-state index is 12.1. The number of aromatic hydroxyl groups is 1. The fourth-order valence-electron chi connectivity index (χ4n) is 4.49. The predicted octanol–water partition coefficient (Wildman–Crippen LogP) is 4.71. The number of aromatic nitrogens is 4. The quantitative estimate of drug-likeness (QED) is 0.271. The van der Waals surface area contributed by atoms with Crippen LogP contribution in [-0.4, -0.2) is 37.6 Å². The van der Waals surface area contributed by atoms with Crippen molar-refractivity contribution < 1.29 is 14.3 Å². The number of nitrogens with zero attached hydrogens (tertiary/aromatic N) is 3. The summed E-state index contributed by atoms with van der Waals surface area (Å²) in [5.74, 6) is 1.35. The number of thioether (sulfide) groups is 1. The van der Waals surface area contributed by atoms with E-state index in [1.807, 2.05) is 24.4 Å². The lowest BCUT2D eigenvalue weighted by molar-refractivity contribution is 0.0953. The second-order valence-electron chi connectivity index (χ2n) is 8.36. The number of phenols is 1. The third-order valence-electron chi connectivity index (χ3n) is 6.13. The van der Waals surface area contributed by atoms with E-state index in [1.165, 1.54) is 23.9 Å². The molecule has 34 heavy (non-hydrogen) atoms. The van der Waals surface area contributed by atoms with Crippen LogP contribution >= 0.6 is 11.8 Å². The van der Waals surface area contributed by atoms with E-state index < -0.39 is 5.63 Å². The normalized spacial score (nSPS) is 16.1. The van der Waals surface area contributed by atoms with Gasteiger partial charge in [-0.1, -0.05) is 30.0 Å². The fraction of sp³-hybridized carbons (Fsp3) is 0.240. The highest BCUT2D eigenvalue weighted by Gasteiger charge is 2.23. The highest BCUT2D eigenvalue weighted by atomic mass is 32.2. The minimum absolute atomic E-state index is 0.0557. The molecule has 0 aliphatic carbocycles. The molecule has 0 spiro atoms. The van der Waals surface area contributed by atoms with Crippen molar-refractivity contribution in [3.8, 4) is 17.1 Å². The Morgan fingerprint density at radius 2 is 2.06 bits per heavy atom. The molecule has 1 fully saturated rings. The number of aromatic amines is 1. The Bertz CT molecular complexity index is 1550. The van der Waals surface area contributed by atoms with Crippen LogP contribution in [0.5, 0.6) is 5.75 Å². The number of nitrogens with one attached hydrogen (secondary N) is 1. The average Bonchev–Trinajstić information content (AvgIpc) is 3.57. The van der Waals surface area contributed by atoms with Gasteiger partial charge in [0.1, 0.15) is 11.3 Å². The summed E-state index contributed by atoms with van der Waals surface area (Å²) < 4.78 is 13.3. The number of hydrogen-bond acceptors (Lipinski definition) is 7. The van der Waals surface area contributed by atoms with Gasteiger partial charge in [0.15, 0.2) is 11.0 Å². The van der Waals surface area contributed by atoms with E-state index in [2.05, 4.69) is 25.8 Å². The second-order valence-corrected chi connectivity index (χ2v) is 9.30. The molecular weight excluding hydrogens is 452 g/mol. The first-order chi connectivity index (χ1) is 16.7. The number of H-pyrrole nitrogens is 1. The van der Waals surface area contributed by atoms with Gasteiger partial charge in [0.25, 0.3) is 0 Å². The van der Waals surface area contributed by atoms with E-state index in [-0.39, 0.29) is 11.9 Å². The second kappa shape index (κ2) is 8.66. The van der Waals surface area contributed by atoms with Crippen molar-refractivity contribution in [2.45, 2.75) is 36.4 Å². The summed E-state index contributed by atoms with van der Waals surface area (Å²) >= 11 is 1.52. The molecule has 2 aromatic carbocycles. The highest BCUT2D eigenvalue weighted by molar-refractivity contribution is 7.98. The van der Waals surface area contributed by atoms with Crippen LogP contribution in [0.25, 0.3) is 33.3 Å². The Morgan fingerprint density at radius 3 is 2.94 bits per heavy atom. The van der Waals surface area contributed by atoms with Crippen LogP contribution in [0.1, 0.15) is 18.4 Å². The summed E-state index contributed by atoms with van der Waals surface area (Å²) in [6.07, 6.45) is 4.14. The standard InChI is InChI=1S/C25H22N4O4S/c30-16-7-8-18-15(10-23(31)33-22(18)11-16)14-34-25-28-27-24(29(25)13-17-4-3-9-32-17)20-12-26-21-6-2-1-5-19(20)21/h1-2,5-8,10-12,17,26,30H,3-4,9,13-14H2. The predicted molar refractivity (Wildman–Crippen MR) is 130 cm³/mol. The Kier molecular flexibility index (Phi) is 5.35. The summed E-state index contributed by atoms with van der Waals surface area (Å²) in [6, 6.07) is 14.4. The number of benzene rings is 2. The molecule has 6 rings (SSSR count). The molecule has 9 heteroatoms. The molecule has 1 aliphatic heterocycles. The van der Waals surface area contributed by atoms with Crippen molar-refractivity contribution in [2.24, 2.45) is 0 Å². The minimum atomic E-state index is -0.450. The highest BCUT2D eigenvalue weighted by Crippen LogP contribution is 2.33. The van der Waals surface area contributed by atoms with Gasteiger partial charge in [0, 0.05) is 52.5 Å². The Labute approximate surface area is 198 Å². The third kappa shape index (κ3) is 3.86. The van der Waals surface area contributed by atoms with Gasteiger partial charge < -0.3 is 19.2 Å². The van der Waals surface area contributed by atoms with Crippen LogP contribution < -0.4 is 5.63 Å². The maximum atomic E-state index is 12.1. The molecule has 1 saturated heterocycles. The van der Waals surface area contributed by atoms with E-state index in [9.17, 15) is 9.90 Å². The van der Waals surface area contributed by atoms with E-state index in [0.29, 0.717) is 17.9 Å². The summed E-state index contributed by atoms with van der Waals surface area (Å²) in [7, 11) is 0. The molecule has 8 nitrogen and oxygen atoms in total. The molecule has 0 bridgehead atoms. The smallest absolute Gasteiger partial charge is 0.336 e. The molecule has 0 amide bonds. The first-order valence-corrected chi connectivity index (χ1v) is 12.1. The number of rotatable bonds is 6. The van der Waals surface area contributed by atoms with Gasteiger partial charge in [0.2, 0.25) is 0 Å². The van der Waals surface area contributed by atoms with Gasteiger partial charge in [-0.05, 0) is 36.6 Å². The van der Waals surface area contributed by atoms with Crippen molar-refractivity contribution in [1.29, 1.82) is 0 Å². The van der Waals surface area contributed by atoms with Crippen molar-refractivity contribution in [1.82, 2.24) is 19.7 Å². The number of phenolic OH excluding ortho intramolecular Hbond substituents is 1. The average molecular weight is 475 g/mol. The van der Waals surface area contributed by atoms with Crippen LogP contribution in [-0.2, 0) is 17.0 Å². The van der Waals surface area contributed by atoms with Crippen LogP contribution in [0, 0.1) is 0 Å². The van der Waals surface area contributed by atoms with Crippen LogP contribution in [0.15, 0.2) is 69.1 Å². The zero-order valence-corrected chi connectivity index (χ0v) is 19.0. The van der Waals surface area contributed by atoms with Crippen LogP contribution in [0.3, 0.4) is 0 Å². The molecule has 2 N–H and O–H groups in total. The zero-order chi connectivity index (χ0) is 23.1. The van der Waals surface area contributed by atoms with Gasteiger partial charge in [-0.15, -0.1) is 10.2 Å². The maximum Gasteiger partial charge on any atom is 0.336 e. The number of ether oxygens (including phenoxy) is 1. The number of fused-ring (bicyclic) bond motifs is 2. The molecule has 172 valence electrons. The molecule has 0 saturated carbocycles. The molecule has 4 heterocycles. The summed E-state index contributed by atoms with van der Waals surface area (Å²) in [4.78, 5) is 15.4. The van der Waals surface area contributed by atoms with Crippen molar-refractivity contribution >= 4 is 33.6 Å². The van der Waals surface area contributed by atoms with Gasteiger partial charge in [0.05, 0.1) is 12.6 Å². The first-order valence-electron chi connectivity index (χ1n) is 11.2. The molecule has 3 aromatic heterocycles. The summed E-state index contributed by atoms with van der Waals surface area (Å²) in [6.45, 7) is 1.44. The van der Waals surface area contributed by atoms with Crippen molar-refractivity contribution in [3.63, 3.8) is 0 Å². The van der Waals surface area contributed by atoms with Gasteiger partial charge in [-0.25, -0.2) is 4.79 Å². The Balaban J connectivity index is 1.37. The molecule has 1 aliphatic rings. The fourth-order valence-corrected chi connectivity index (χ4v) is 5.43. The summed E-state index contributed by atoms with van der Waals surface area (Å²) in [5, 5.41) is 21.5. The largest absolute Gasteiger partial charge is 0.508 e. The van der Waals surface area contributed by atoms with Gasteiger partial charge in [-0.2, -0.15) is 0 Å². The lowest BCUT2D eigenvalue weighted by Gasteiger charge is -2.14. The van der Waals surface area contributed by atoms with E-state index in [4.69, 9.17) is 9.15 Å². The molecule has 5 aromatic rings. The molecule has 1 unspecified atom stereocenters. The number of para-hydroxylation sites is 1.